The smallest absolute Gasteiger partial charge is 0.268 e. The molecule has 0 aliphatic heterocycles. The first kappa shape index (κ1) is 21.1. The van der Waals surface area contributed by atoms with Gasteiger partial charge in [-0.2, -0.15) is 0 Å². The van der Waals surface area contributed by atoms with Crippen molar-refractivity contribution in [3.8, 4) is 11.1 Å². The molecule has 7 heteroatoms. The molecule has 0 unspecified atom stereocenters. The van der Waals surface area contributed by atoms with Gasteiger partial charge in [-0.15, -0.1) is 0 Å². The van der Waals surface area contributed by atoms with Gasteiger partial charge in [0.25, 0.3) is 5.91 Å². The summed E-state index contributed by atoms with van der Waals surface area (Å²) in [4.78, 5) is 27.6. The average molecular weight is 382 g/mol. The van der Waals surface area contributed by atoms with Crippen molar-refractivity contribution in [2.24, 2.45) is 5.16 Å². The van der Waals surface area contributed by atoms with Crippen LogP contribution in [0.3, 0.4) is 0 Å². The van der Waals surface area contributed by atoms with Crippen LogP contribution >= 0.6 is 0 Å². The van der Waals surface area contributed by atoms with Gasteiger partial charge in [0.2, 0.25) is 5.91 Å². The van der Waals surface area contributed by atoms with E-state index in [0.29, 0.717) is 12.8 Å². The highest BCUT2D eigenvalue weighted by Crippen LogP contribution is 2.21. The number of hydrogen-bond donors (Lipinski definition) is 3. The van der Waals surface area contributed by atoms with Crippen LogP contribution in [0.25, 0.3) is 11.1 Å². The summed E-state index contributed by atoms with van der Waals surface area (Å²) < 4.78 is 0. The highest BCUT2D eigenvalue weighted by molar-refractivity contribution is 6.38. The van der Waals surface area contributed by atoms with Gasteiger partial charge in [0.15, 0.2) is 0 Å². The zero-order valence-corrected chi connectivity index (χ0v) is 16.0. The number of pyridine rings is 1. The van der Waals surface area contributed by atoms with Crippen molar-refractivity contribution in [2.45, 2.75) is 38.5 Å². The molecule has 2 aromatic rings. The van der Waals surface area contributed by atoms with Gasteiger partial charge in [0, 0.05) is 37.1 Å². The number of anilines is 1. The predicted octanol–water partition coefficient (Wildman–Crippen LogP) is 3.60. The lowest BCUT2D eigenvalue weighted by molar-refractivity contribution is -0.116. The number of oxime groups is 1. The van der Waals surface area contributed by atoms with Crippen molar-refractivity contribution in [3.63, 3.8) is 0 Å². The molecule has 0 aliphatic carbocycles. The number of hydrogen-bond acceptors (Lipinski definition) is 5. The maximum atomic E-state index is 12.1. The van der Waals surface area contributed by atoms with Crippen LogP contribution in [0.5, 0.6) is 0 Å². The Bertz CT molecular complexity index is 806. The fourth-order valence-corrected chi connectivity index (χ4v) is 2.82. The normalized spacial score (nSPS) is 11.1. The lowest BCUT2D eigenvalue weighted by Crippen LogP contribution is -2.27. The summed E-state index contributed by atoms with van der Waals surface area (Å²) in [6.07, 6.45) is 7.61. The minimum absolute atomic E-state index is 0.0219. The predicted molar refractivity (Wildman–Crippen MR) is 109 cm³/mol. The summed E-state index contributed by atoms with van der Waals surface area (Å²) in [6, 6.07) is 11.5. The molecule has 148 valence electrons. The van der Waals surface area contributed by atoms with Gasteiger partial charge in [-0.25, -0.2) is 0 Å². The molecular weight excluding hydrogens is 356 g/mol. The summed E-state index contributed by atoms with van der Waals surface area (Å²) in [7, 11) is 1.50. The molecule has 28 heavy (non-hydrogen) atoms. The number of aromatic nitrogens is 1. The molecule has 1 aromatic carbocycles. The van der Waals surface area contributed by atoms with E-state index in [-0.39, 0.29) is 17.5 Å². The SMILES string of the molecule is CNC(=O)/C(CCCCCCC(=O)Nc1cccc(-c2cccnc2)c1)=N/O. The Labute approximate surface area is 164 Å². The number of nitrogens with one attached hydrogen (secondary N) is 2. The first-order chi connectivity index (χ1) is 13.6. The Morgan fingerprint density at radius 3 is 2.46 bits per heavy atom. The zero-order valence-electron chi connectivity index (χ0n) is 16.0. The Morgan fingerprint density at radius 1 is 1.04 bits per heavy atom. The lowest BCUT2D eigenvalue weighted by Gasteiger charge is -2.08. The minimum Gasteiger partial charge on any atom is -0.410 e. The van der Waals surface area contributed by atoms with Crippen LogP contribution in [0.15, 0.2) is 53.9 Å². The largest absolute Gasteiger partial charge is 0.410 e. The highest BCUT2D eigenvalue weighted by Gasteiger charge is 2.09. The van der Waals surface area contributed by atoms with Gasteiger partial charge >= 0.3 is 0 Å². The standard InChI is InChI=1S/C21H26N4O3/c1-22-21(27)19(25-28)11-4-2-3-5-12-20(26)24-18-10-6-8-16(14-18)17-9-7-13-23-15-17/h6-10,13-15,28H,2-5,11-12H2,1H3,(H,22,27)(H,24,26)/b25-19+. The molecule has 0 atom stereocenters. The number of carbonyl (C=O) groups excluding carboxylic acids is 2. The van der Waals surface area contributed by atoms with E-state index in [9.17, 15) is 9.59 Å². The van der Waals surface area contributed by atoms with E-state index in [1.807, 2.05) is 36.4 Å². The molecule has 1 aromatic heterocycles. The summed E-state index contributed by atoms with van der Waals surface area (Å²) in [5.74, 6) is -0.387. The van der Waals surface area contributed by atoms with Crippen molar-refractivity contribution < 1.29 is 14.8 Å². The highest BCUT2D eigenvalue weighted by atomic mass is 16.4. The van der Waals surface area contributed by atoms with Crippen molar-refractivity contribution in [1.82, 2.24) is 10.3 Å². The van der Waals surface area contributed by atoms with Crippen molar-refractivity contribution in [3.05, 3.63) is 48.8 Å². The molecule has 0 aliphatic rings. The molecule has 0 saturated heterocycles. The molecule has 0 bridgehead atoms. The summed E-state index contributed by atoms with van der Waals surface area (Å²) >= 11 is 0. The van der Waals surface area contributed by atoms with E-state index in [4.69, 9.17) is 5.21 Å². The Morgan fingerprint density at radius 2 is 1.79 bits per heavy atom. The molecule has 1 heterocycles. The lowest BCUT2D eigenvalue weighted by atomic mass is 10.1. The first-order valence-corrected chi connectivity index (χ1v) is 9.37. The number of unbranched alkanes of at least 4 members (excludes halogenated alkanes) is 3. The quantitative estimate of drug-likeness (QED) is 0.253. The van der Waals surface area contributed by atoms with Gasteiger partial charge < -0.3 is 15.8 Å². The van der Waals surface area contributed by atoms with Crippen molar-refractivity contribution >= 4 is 23.2 Å². The van der Waals surface area contributed by atoms with E-state index in [0.717, 1.165) is 42.5 Å². The second-order valence-corrected chi connectivity index (χ2v) is 6.41. The summed E-state index contributed by atoms with van der Waals surface area (Å²) in [5, 5.41) is 17.2. The number of nitrogens with zero attached hydrogens (tertiary/aromatic N) is 2. The van der Waals surface area contributed by atoms with Crippen LogP contribution in [-0.4, -0.2) is 34.8 Å². The fourth-order valence-electron chi connectivity index (χ4n) is 2.82. The van der Waals surface area contributed by atoms with Crippen LogP contribution in [0.4, 0.5) is 5.69 Å². The number of rotatable bonds is 10. The van der Waals surface area contributed by atoms with E-state index in [1.165, 1.54) is 7.05 Å². The number of amides is 2. The van der Waals surface area contributed by atoms with Gasteiger partial charge in [-0.05, 0) is 43.0 Å². The molecule has 2 amide bonds. The van der Waals surface area contributed by atoms with Gasteiger partial charge in [0.1, 0.15) is 5.71 Å². The second kappa shape index (κ2) is 11.5. The van der Waals surface area contributed by atoms with Gasteiger partial charge in [-0.1, -0.05) is 36.2 Å². The molecule has 0 spiro atoms. The van der Waals surface area contributed by atoms with Gasteiger partial charge in [0.05, 0.1) is 0 Å². The molecular formula is C21H26N4O3. The Balaban J connectivity index is 1.70. The number of carbonyl (C=O) groups is 2. The monoisotopic (exact) mass is 382 g/mol. The van der Waals surface area contributed by atoms with Crippen LogP contribution in [0.2, 0.25) is 0 Å². The third kappa shape index (κ3) is 6.83. The van der Waals surface area contributed by atoms with E-state index < -0.39 is 0 Å². The van der Waals surface area contributed by atoms with Crippen molar-refractivity contribution in [1.29, 1.82) is 0 Å². The topological polar surface area (TPSA) is 104 Å². The molecule has 3 N–H and O–H groups in total. The molecule has 7 nitrogen and oxygen atoms in total. The average Bonchev–Trinajstić information content (AvgIpc) is 2.73. The van der Waals surface area contributed by atoms with E-state index in [2.05, 4.69) is 20.8 Å². The Kier molecular flexibility index (Phi) is 8.65. The van der Waals surface area contributed by atoms with Gasteiger partial charge in [-0.3, -0.25) is 14.6 Å². The van der Waals surface area contributed by atoms with E-state index >= 15 is 0 Å². The molecule has 0 radical (unpaired) electrons. The fraction of sp³-hybridized carbons (Fsp3) is 0.333. The maximum absolute atomic E-state index is 12.1. The zero-order chi connectivity index (χ0) is 20.2. The molecule has 0 saturated carbocycles. The van der Waals surface area contributed by atoms with Crippen LogP contribution < -0.4 is 10.6 Å². The first-order valence-electron chi connectivity index (χ1n) is 9.37. The third-order valence-electron chi connectivity index (χ3n) is 4.32. The van der Waals surface area contributed by atoms with Crippen LogP contribution in [0.1, 0.15) is 38.5 Å². The minimum atomic E-state index is -0.365. The number of benzene rings is 1. The Hall–Kier alpha value is -3.22. The van der Waals surface area contributed by atoms with E-state index in [1.54, 1.807) is 12.4 Å². The molecule has 0 fully saturated rings. The summed E-state index contributed by atoms with van der Waals surface area (Å²) in [5.41, 5.74) is 2.90. The third-order valence-corrected chi connectivity index (χ3v) is 4.32. The second-order valence-electron chi connectivity index (χ2n) is 6.41. The summed E-state index contributed by atoms with van der Waals surface area (Å²) in [6.45, 7) is 0. The van der Waals surface area contributed by atoms with Crippen LogP contribution in [0, 0.1) is 0 Å². The molecule has 2 rings (SSSR count). The maximum Gasteiger partial charge on any atom is 0.268 e. The van der Waals surface area contributed by atoms with Crippen LogP contribution in [-0.2, 0) is 9.59 Å². The van der Waals surface area contributed by atoms with Crippen molar-refractivity contribution in [2.75, 3.05) is 12.4 Å².